The smallest absolute Gasteiger partial charge is 0.306 e. The Kier molecular flexibility index (Phi) is 21.3. The van der Waals surface area contributed by atoms with Gasteiger partial charge in [-0.15, -0.1) is 0 Å². The van der Waals surface area contributed by atoms with E-state index in [1.54, 1.807) is 0 Å². The second-order valence-electron chi connectivity index (χ2n) is 13.5. The summed E-state index contributed by atoms with van der Waals surface area (Å²) in [6, 6.07) is 0. The van der Waals surface area contributed by atoms with Crippen LogP contribution in [0.15, 0.2) is 0 Å². The Bertz CT molecular complexity index is 656. The topological polar surface area (TPSA) is 102 Å². The summed E-state index contributed by atoms with van der Waals surface area (Å²) in [6.07, 6.45) is 22.1. The molecule has 0 radical (unpaired) electrons. The minimum atomic E-state index is -0.636. The van der Waals surface area contributed by atoms with Crippen LogP contribution in [0.25, 0.3) is 0 Å². The number of aliphatic hydroxyl groups excluding tert-OH is 2. The third kappa shape index (κ3) is 17.8. The summed E-state index contributed by atoms with van der Waals surface area (Å²) in [7, 11) is 0. The molecule has 2 rings (SSSR count). The Balaban J connectivity index is 1.49. The first-order chi connectivity index (χ1) is 20.9. The van der Waals surface area contributed by atoms with Crippen LogP contribution < -0.4 is 0 Å². The molecule has 0 amide bonds. The molecule has 2 fully saturated rings. The largest absolute Gasteiger partial charge is 0.460 e. The molecule has 2 saturated carbocycles. The lowest BCUT2D eigenvalue weighted by Gasteiger charge is -2.34. The average Bonchev–Trinajstić information content (AvgIpc) is 2.98. The molecule has 0 heterocycles. The van der Waals surface area contributed by atoms with E-state index in [9.17, 15) is 19.8 Å². The van der Waals surface area contributed by atoms with E-state index in [0.29, 0.717) is 51.7 Å². The molecule has 0 aromatic carbocycles. The van der Waals surface area contributed by atoms with E-state index in [1.165, 1.54) is 77.0 Å². The molecule has 0 aromatic heterocycles. The fourth-order valence-corrected chi connectivity index (χ4v) is 6.65. The number of carbonyl (C=O) groups excluding carboxylic acids is 2. The van der Waals surface area contributed by atoms with Gasteiger partial charge in [-0.1, -0.05) is 104 Å². The molecular weight excluding hydrogens is 544 g/mol. The van der Waals surface area contributed by atoms with E-state index in [0.717, 1.165) is 38.5 Å². The van der Waals surface area contributed by atoms with E-state index >= 15 is 0 Å². The minimum absolute atomic E-state index is 0.183. The maximum atomic E-state index is 12.3. The molecule has 7 nitrogen and oxygen atoms in total. The van der Waals surface area contributed by atoms with Crippen molar-refractivity contribution in [3.63, 3.8) is 0 Å². The predicted molar refractivity (Wildman–Crippen MR) is 172 cm³/mol. The van der Waals surface area contributed by atoms with E-state index in [4.69, 9.17) is 14.2 Å². The van der Waals surface area contributed by atoms with Crippen LogP contribution in [0.2, 0.25) is 0 Å². The average molecular weight is 611 g/mol. The Labute approximate surface area is 263 Å². The maximum absolute atomic E-state index is 12.3. The summed E-state index contributed by atoms with van der Waals surface area (Å²) in [4.78, 5) is 24.5. The number of unbranched alkanes of at least 4 members (excludes halogenated alkanes) is 14. The molecule has 0 saturated heterocycles. The van der Waals surface area contributed by atoms with E-state index in [1.807, 2.05) is 0 Å². The van der Waals surface area contributed by atoms with Crippen LogP contribution in [-0.2, 0) is 23.8 Å². The van der Waals surface area contributed by atoms with Crippen LogP contribution in [0.1, 0.15) is 168 Å². The van der Waals surface area contributed by atoms with Crippen LogP contribution in [0, 0.1) is 11.8 Å². The van der Waals surface area contributed by atoms with Gasteiger partial charge in [0, 0.05) is 26.1 Å². The summed E-state index contributed by atoms with van der Waals surface area (Å²) in [5.74, 6) is 0.128. The lowest BCUT2D eigenvalue weighted by Crippen LogP contribution is -2.39. The molecule has 252 valence electrons. The van der Waals surface area contributed by atoms with E-state index in [2.05, 4.69) is 13.8 Å². The maximum Gasteiger partial charge on any atom is 0.306 e. The monoisotopic (exact) mass is 610 g/mol. The molecule has 7 heteroatoms. The quantitative estimate of drug-likeness (QED) is 0.0839. The van der Waals surface area contributed by atoms with E-state index < -0.39 is 24.4 Å². The Hall–Kier alpha value is -1.18. The highest BCUT2D eigenvalue weighted by molar-refractivity contribution is 5.69. The van der Waals surface area contributed by atoms with Gasteiger partial charge in [-0.05, 0) is 63.2 Å². The summed E-state index contributed by atoms with van der Waals surface area (Å²) < 4.78 is 17.2. The van der Waals surface area contributed by atoms with Crippen LogP contribution in [-0.4, -0.2) is 59.8 Å². The number of carbonyl (C=O) groups is 2. The molecule has 2 N–H and O–H groups in total. The predicted octanol–water partition coefficient (Wildman–Crippen LogP) is 8.21. The summed E-state index contributed by atoms with van der Waals surface area (Å²) >= 11 is 0. The molecule has 6 unspecified atom stereocenters. The van der Waals surface area contributed by atoms with Crippen LogP contribution in [0.3, 0.4) is 0 Å². The molecule has 0 aliphatic heterocycles. The van der Waals surface area contributed by atoms with Crippen molar-refractivity contribution in [2.45, 2.75) is 192 Å². The SMILES string of the molecule is CCCCCCCCCCC(=O)OC1CCC(COCC2CCC(OC(=O)CCCCCCCCCC)C(O)C2)CC1O. The van der Waals surface area contributed by atoms with Gasteiger partial charge >= 0.3 is 11.9 Å². The first kappa shape index (κ1) is 38.0. The number of ether oxygens (including phenoxy) is 3. The summed E-state index contributed by atoms with van der Waals surface area (Å²) in [5, 5.41) is 21.2. The van der Waals surface area contributed by atoms with Crippen molar-refractivity contribution in [1.82, 2.24) is 0 Å². The molecule has 2 aliphatic rings. The number of hydrogen-bond acceptors (Lipinski definition) is 7. The third-order valence-electron chi connectivity index (χ3n) is 9.47. The van der Waals surface area contributed by atoms with Crippen molar-refractivity contribution in [1.29, 1.82) is 0 Å². The molecule has 0 spiro atoms. The number of aliphatic hydroxyl groups is 2. The van der Waals surface area contributed by atoms with Gasteiger partial charge < -0.3 is 24.4 Å². The number of rotatable bonds is 24. The van der Waals surface area contributed by atoms with Gasteiger partial charge in [0.2, 0.25) is 0 Å². The van der Waals surface area contributed by atoms with Crippen LogP contribution in [0.4, 0.5) is 0 Å². The zero-order valence-corrected chi connectivity index (χ0v) is 27.8. The van der Waals surface area contributed by atoms with Crippen molar-refractivity contribution in [2.75, 3.05) is 13.2 Å². The second kappa shape index (κ2) is 24.1. The van der Waals surface area contributed by atoms with E-state index in [-0.39, 0.29) is 23.8 Å². The minimum Gasteiger partial charge on any atom is -0.460 e. The zero-order chi connectivity index (χ0) is 31.1. The Morgan fingerprint density at radius 3 is 1.23 bits per heavy atom. The fraction of sp³-hybridized carbons (Fsp3) is 0.944. The number of hydrogen-bond donors (Lipinski definition) is 2. The van der Waals surface area contributed by atoms with Gasteiger partial charge in [-0.25, -0.2) is 0 Å². The lowest BCUT2D eigenvalue weighted by atomic mass is 9.85. The zero-order valence-electron chi connectivity index (χ0n) is 27.8. The van der Waals surface area contributed by atoms with Gasteiger partial charge in [-0.3, -0.25) is 9.59 Å². The molecule has 0 bridgehead atoms. The summed E-state index contributed by atoms with van der Waals surface area (Å²) in [6.45, 7) is 5.59. The van der Waals surface area contributed by atoms with Crippen molar-refractivity contribution >= 4 is 11.9 Å². The Morgan fingerprint density at radius 2 is 0.884 bits per heavy atom. The van der Waals surface area contributed by atoms with Crippen molar-refractivity contribution < 1.29 is 34.0 Å². The molecule has 43 heavy (non-hydrogen) atoms. The summed E-state index contributed by atoms with van der Waals surface area (Å²) in [5.41, 5.74) is 0. The highest BCUT2D eigenvalue weighted by atomic mass is 16.6. The molecular formula is C36H66O7. The Morgan fingerprint density at radius 1 is 0.535 bits per heavy atom. The van der Waals surface area contributed by atoms with Gasteiger partial charge in [0.1, 0.15) is 12.2 Å². The highest BCUT2D eigenvalue weighted by Gasteiger charge is 2.34. The molecule has 0 aromatic rings. The van der Waals surface area contributed by atoms with Crippen LogP contribution >= 0.6 is 0 Å². The molecule has 2 aliphatic carbocycles. The van der Waals surface area contributed by atoms with Crippen molar-refractivity contribution in [2.24, 2.45) is 11.8 Å². The second-order valence-corrected chi connectivity index (χ2v) is 13.5. The lowest BCUT2D eigenvalue weighted by molar-refractivity contribution is -0.160. The van der Waals surface area contributed by atoms with Gasteiger partial charge in [0.25, 0.3) is 0 Å². The van der Waals surface area contributed by atoms with Gasteiger partial charge in [0.15, 0.2) is 0 Å². The molecule has 6 atom stereocenters. The van der Waals surface area contributed by atoms with Gasteiger partial charge in [-0.2, -0.15) is 0 Å². The standard InChI is InChI=1S/C36H66O7/c1-3-5-7-9-11-13-15-17-19-35(39)42-33-23-21-29(25-31(33)37)27-41-28-30-22-24-34(32(38)26-30)43-36(40)20-18-16-14-12-10-8-6-4-2/h29-34,37-38H,3-28H2,1-2H3. The van der Waals surface area contributed by atoms with Crippen LogP contribution in [0.5, 0.6) is 0 Å². The third-order valence-corrected chi connectivity index (χ3v) is 9.47. The fourth-order valence-electron chi connectivity index (χ4n) is 6.65. The van der Waals surface area contributed by atoms with Gasteiger partial charge in [0.05, 0.1) is 12.2 Å². The first-order valence-corrected chi connectivity index (χ1v) is 18.3. The van der Waals surface area contributed by atoms with Crippen molar-refractivity contribution in [3.8, 4) is 0 Å². The highest BCUT2D eigenvalue weighted by Crippen LogP contribution is 2.30. The number of esters is 2. The van der Waals surface area contributed by atoms with Crippen molar-refractivity contribution in [3.05, 3.63) is 0 Å². The normalized spacial score (nSPS) is 25.9. The first-order valence-electron chi connectivity index (χ1n) is 18.3.